The Morgan fingerprint density at radius 1 is 1.17 bits per heavy atom. The maximum absolute atomic E-state index is 9.04. The Morgan fingerprint density at radius 2 is 1.83 bits per heavy atom. The van der Waals surface area contributed by atoms with E-state index in [-0.39, 0.29) is 28.9 Å². The molecule has 1 aromatic carbocycles. The van der Waals surface area contributed by atoms with Crippen molar-refractivity contribution in [3.05, 3.63) is 23.8 Å². The van der Waals surface area contributed by atoms with Crippen molar-refractivity contribution in [3.8, 4) is 11.5 Å². The molecule has 0 saturated carbocycles. The molecule has 66 valence electrons. The van der Waals surface area contributed by atoms with E-state index in [0.717, 1.165) is 5.56 Å². The van der Waals surface area contributed by atoms with E-state index >= 15 is 0 Å². The van der Waals surface area contributed by atoms with E-state index in [0.29, 0.717) is 13.0 Å². The first kappa shape index (κ1) is 11.3. The lowest BCUT2D eigenvalue weighted by molar-refractivity contribution is 0.403. The van der Waals surface area contributed by atoms with Crippen LogP contribution in [0, 0.1) is 0 Å². The number of phenols is 2. The maximum Gasteiger partial charge on any atom is 0.187 e. The highest BCUT2D eigenvalue weighted by atomic mass is 27.0. The van der Waals surface area contributed by atoms with Gasteiger partial charge in [0.15, 0.2) is 28.9 Å². The van der Waals surface area contributed by atoms with Crippen molar-refractivity contribution in [3.63, 3.8) is 0 Å². The fourth-order valence-electron chi connectivity index (χ4n) is 0.891. The molecule has 0 aliphatic carbocycles. The summed E-state index contributed by atoms with van der Waals surface area (Å²) in [6.45, 7) is 0.546. The largest absolute Gasteiger partial charge is 0.504 e. The summed E-state index contributed by atoms with van der Waals surface area (Å²) in [5.41, 5.74) is 6.24. The van der Waals surface area contributed by atoms with Crippen LogP contribution in [0.25, 0.3) is 0 Å². The van der Waals surface area contributed by atoms with E-state index in [1.165, 1.54) is 12.1 Å². The summed E-state index contributed by atoms with van der Waals surface area (Å²) < 4.78 is 0. The first-order valence-corrected chi connectivity index (χ1v) is 3.45. The van der Waals surface area contributed by atoms with Crippen LogP contribution in [0.3, 0.4) is 0 Å². The molecule has 0 heterocycles. The van der Waals surface area contributed by atoms with Crippen LogP contribution in [-0.4, -0.2) is 34.1 Å². The molecule has 4 heteroatoms. The average molecular weight is 183 g/mol. The molecule has 12 heavy (non-hydrogen) atoms. The third-order valence-electron chi connectivity index (χ3n) is 1.47. The van der Waals surface area contributed by atoms with E-state index < -0.39 is 0 Å². The van der Waals surface area contributed by atoms with E-state index in [2.05, 4.69) is 0 Å². The molecule has 3 nitrogen and oxygen atoms in total. The van der Waals surface area contributed by atoms with Gasteiger partial charge in [0.2, 0.25) is 0 Å². The first-order chi connectivity index (χ1) is 5.24. The molecular weight excluding hydrogens is 169 g/mol. The summed E-state index contributed by atoms with van der Waals surface area (Å²) in [6.07, 6.45) is 0.716. The Hall–Kier alpha value is -0.688. The number of phenolic OH excluding ortho intramolecular Hbond substituents is 2. The van der Waals surface area contributed by atoms with Crippen LogP contribution in [0.4, 0.5) is 0 Å². The van der Waals surface area contributed by atoms with Gasteiger partial charge >= 0.3 is 0 Å². The zero-order chi connectivity index (χ0) is 8.27. The molecule has 0 aliphatic heterocycles. The van der Waals surface area contributed by atoms with Gasteiger partial charge in [0.1, 0.15) is 0 Å². The lowest BCUT2D eigenvalue weighted by Gasteiger charge is -2.00. The third kappa shape index (κ3) is 2.74. The fourth-order valence-corrected chi connectivity index (χ4v) is 0.891. The summed E-state index contributed by atoms with van der Waals surface area (Å²) in [7, 11) is 0. The molecule has 0 radical (unpaired) electrons. The average Bonchev–Trinajstić information content (AvgIpc) is 1.98. The van der Waals surface area contributed by atoms with Gasteiger partial charge in [0.05, 0.1) is 0 Å². The van der Waals surface area contributed by atoms with Gasteiger partial charge in [-0.05, 0) is 30.7 Å². The Balaban J connectivity index is 0.00000121. The summed E-state index contributed by atoms with van der Waals surface area (Å²) in [5, 5.41) is 18.0. The minimum absolute atomic E-state index is 0. The molecule has 4 N–H and O–H groups in total. The quantitative estimate of drug-likeness (QED) is 0.424. The summed E-state index contributed by atoms with van der Waals surface area (Å²) in [6, 6.07) is 4.71. The second-order valence-corrected chi connectivity index (χ2v) is 2.36. The number of hydrogen-bond donors (Lipinski definition) is 3. The van der Waals surface area contributed by atoms with E-state index in [1.54, 1.807) is 6.07 Å². The number of nitrogens with two attached hydrogens (primary N) is 1. The lowest BCUT2D eigenvalue weighted by Crippen LogP contribution is -2.02. The monoisotopic (exact) mass is 183 g/mol. The Kier molecular flexibility index (Phi) is 4.76. The standard InChI is InChI=1S/C8H11NO2.Al.3H/c9-4-3-6-1-2-7(10)8(11)5-6;;;;/h1-2,5,10-11H,3-4,9H2;;;;. The molecule has 0 spiro atoms. The molecule has 0 atom stereocenters. The minimum atomic E-state index is -0.0919. The molecule has 0 fully saturated rings. The van der Waals surface area contributed by atoms with Gasteiger partial charge in [-0.15, -0.1) is 0 Å². The summed E-state index contributed by atoms with van der Waals surface area (Å²) in [5.74, 6) is -0.179. The van der Waals surface area contributed by atoms with Crippen LogP contribution in [0.5, 0.6) is 11.5 Å². The number of rotatable bonds is 2. The first-order valence-electron chi connectivity index (χ1n) is 3.45. The molecule has 0 amide bonds. The topological polar surface area (TPSA) is 66.5 Å². The molecule has 0 aliphatic rings. The maximum atomic E-state index is 9.04. The molecule has 1 aromatic rings. The van der Waals surface area contributed by atoms with Gasteiger partial charge < -0.3 is 15.9 Å². The van der Waals surface area contributed by atoms with E-state index in [4.69, 9.17) is 15.9 Å². The second-order valence-electron chi connectivity index (χ2n) is 2.36. The SMILES string of the molecule is NCCc1ccc(O)c(O)c1.[AlH3]. The molecule has 0 saturated heterocycles. The van der Waals surface area contributed by atoms with Crippen molar-refractivity contribution in [1.29, 1.82) is 0 Å². The molecular formula is C8H14AlNO2. The molecule has 0 aromatic heterocycles. The van der Waals surface area contributed by atoms with Gasteiger partial charge in [-0.1, -0.05) is 6.07 Å². The normalized spacial score (nSPS) is 9.08. The third-order valence-corrected chi connectivity index (χ3v) is 1.47. The van der Waals surface area contributed by atoms with Gasteiger partial charge in [0, 0.05) is 0 Å². The van der Waals surface area contributed by atoms with Crippen molar-refractivity contribution < 1.29 is 10.2 Å². The number of aromatic hydroxyl groups is 2. The highest BCUT2D eigenvalue weighted by Gasteiger charge is 1.98. The van der Waals surface area contributed by atoms with E-state index in [9.17, 15) is 0 Å². The van der Waals surface area contributed by atoms with Crippen molar-refractivity contribution in [2.45, 2.75) is 6.42 Å². The second kappa shape index (κ2) is 5.05. The van der Waals surface area contributed by atoms with Crippen molar-refractivity contribution in [1.82, 2.24) is 0 Å². The smallest absolute Gasteiger partial charge is 0.187 e. The zero-order valence-corrected chi connectivity index (χ0v) is 6.12. The van der Waals surface area contributed by atoms with Gasteiger partial charge in [-0.3, -0.25) is 0 Å². The Bertz CT molecular complexity index is 253. The van der Waals surface area contributed by atoms with Crippen LogP contribution < -0.4 is 5.73 Å². The predicted molar refractivity (Wildman–Crippen MR) is 52.5 cm³/mol. The van der Waals surface area contributed by atoms with E-state index in [1.807, 2.05) is 0 Å². The number of benzene rings is 1. The van der Waals surface area contributed by atoms with Crippen molar-refractivity contribution in [2.24, 2.45) is 5.73 Å². The molecule has 1 rings (SSSR count). The van der Waals surface area contributed by atoms with Crippen LogP contribution in [0.1, 0.15) is 5.56 Å². The highest BCUT2D eigenvalue weighted by Crippen LogP contribution is 2.24. The van der Waals surface area contributed by atoms with Crippen LogP contribution >= 0.6 is 0 Å². The lowest BCUT2D eigenvalue weighted by atomic mass is 10.1. The van der Waals surface area contributed by atoms with Crippen molar-refractivity contribution in [2.75, 3.05) is 6.54 Å². The summed E-state index contributed by atoms with van der Waals surface area (Å²) in [4.78, 5) is 0. The van der Waals surface area contributed by atoms with Gasteiger partial charge in [-0.2, -0.15) is 0 Å². The fraction of sp³-hybridized carbons (Fsp3) is 0.250. The molecule has 0 bridgehead atoms. The number of hydrogen-bond acceptors (Lipinski definition) is 3. The minimum Gasteiger partial charge on any atom is -0.504 e. The molecule has 0 unspecified atom stereocenters. The zero-order valence-electron chi connectivity index (χ0n) is 6.12. The van der Waals surface area contributed by atoms with Crippen LogP contribution in [-0.2, 0) is 6.42 Å². The summed E-state index contributed by atoms with van der Waals surface area (Å²) >= 11 is 0. The van der Waals surface area contributed by atoms with Gasteiger partial charge in [-0.25, -0.2) is 0 Å². The highest BCUT2D eigenvalue weighted by molar-refractivity contribution is 5.75. The predicted octanol–water partition coefficient (Wildman–Crippen LogP) is -0.585. The Labute approximate surface area is 82.0 Å². The van der Waals surface area contributed by atoms with Crippen LogP contribution in [0.2, 0.25) is 0 Å². The van der Waals surface area contributed by atoms with Crippen LogP contribution in [0.15, 0.2) is 18.2 Å². The van der Waals surface area contributed by atoms with Crippen molar-refractivity contribution >= 4 is 17.4 Å². The Morgan fingerprint density at radius 3 is 2.33 bits per heavy atom. The van der Waals surface area contributed by atoms with Gasteiger partial charge in [0.25, 0.3) is 0 Å².